The van der Waals surface area contributed by atoms with E-state index in [1.807, 2.05) is 50.2 Å². The number of carbonyl (C=O) groups is 1. The van der Waals surface area contributed by atoms with Gasteiger partial charge >= 0.3 is 0 Å². The maximum absolute atomic E-state index is 13.1. The molecule has 0 unspecified atom stereocenters. The van der Waals surface area contributed by atoms with Crippen molar-refractivity contribution in [2.24, 2.45) is 5.92 Å². The summed E-state index contributed by atoms with van der Waals surface area (Å²) in [4.78, 5) is 24.3. The number of aromatic nitrogens is 3. The summed E-state index contributed by atoms with van der Waals surface area (Å²) in [5.74, 6) is 2.66. The highest BCUT2D eigenvalue weighted by Gasteiger charge is 2.29. The predicted octanol–water partition coefficient (Wildman–Crippen LogP) is 3.80. The van der Waals surface area contributed by atoms with Gasteiger partial charge in [0.15, 0.2) is 0 Å². The summed E-state index contributed by atoms with van der Waals surface area (Å²) in [6.07, 6.45) is 4.20. The Morgan fingerprint density at radius 1 is 1.31 bits per heavy atom. The van der Waals surface area contributed by atoms with Crippen molar-refractivity contribution in [1.82, 2.24) is 20.4 Å². The van der Waals surface area contributed by atoms with E-state index in [4.69, 9.17) is 9.26 Å². The van der Waals surface area contributed by atoms with Gasteiger partial charge < -0.3 is 19.5 Å². The van der Waals surface area contributed by atoms with Crippen LogP contribution in [0.2, 0.25) is 0 Å². The Labute approximate surface area is 188 Å². The van der Waals surface area contributed by atoms with E-state index in [0.29, 0.717) is 24.7 Å². The minimum absolute atomic E-state index is 0.0586. The Morgan fingerprint density at radius 2 is 2.12 bits per heavy atom. The molecule has 2 atom stereocenters. The van der Waals surface area contributed by atoms with Crippen LogP contribution in [0.1, 0.15) is 44.2 Å². The van der Waals surface area contributed by atoms with Gasteiger partial charge in [0.2, 0.25) is 17.6 Å². The first kappa shape index (κ1) is 21.8. The molecule has 8 heteroatoms. The predicted molar refractivity (Wildman–Crippen MR) is 121 cm³/mol. The van der Waals surface area contributed by atoms with Crippen LogP contribution in [0.4, 0.5) is 5.82 Å². The number of nitrogens with zero attached hydrogens (tertiary/aromatic N) is 4. The highest BCUT2D eigenvalue weighted by Crippen LogP contribution is 2.30. The lowest BCUT2D eigenvalue weighted by Gasteiger charge is -2.34. The summed E-state index contributed by atoms with van der Waals surface area (Å²) in [5.41, 5.74) is 1.87. The number of hydrogen-bond acceptors (Lipinski definition) is 7. The van der Waals surface area contributed by atoms with Crippen LogP contribution in [0.15, 0.2) is 47.1 Å². The average molecular weight is 436 g/mol. The first-order chi connectivity index (χ1) is 15.6. The van der Waals surface area contributed by atoms with Gasteiger partial charge in [-0.2, -0.15) is 4.98 Å². The monoisotopic (exact) mass is 435 g/mol. The van der Waals surface area contributed by atoms with Gasteiger partial charge in [-0.3, -0.25) is 4.79 Å². The van der Waals surface area contributed by atoms with Gasteiger partial charge in [0.05, 0.1) is 24.6 Å². The standard InChI is InChI=1S/C24H29N5O3/c1-4-21-27-22(28-32-21)20-8-5-13-25-23(20)29-14-6-7-18(15-29)24(30)26-16(2)17-9-11-19(31-3)12-10-17/h5,8-13,16,18H,4,6-7,14-15H2,1-3H3,(H,26,30)/t16-,18+/m1/s1. The molecule has 8 nitrogen and oxygen atoms in total. The molecule has 4 rings (SSSR count). The lowest BCUT2D eigenvalue weighted by atomic mass is 9.96. The van der Waals surface area contributed by atoms with Gasteiger partial charge in [-0.05, 0) is 49.6 Å². The fraction of sp³-hybridized carbons (Fsp3) is 0.417. The molecule has 2 aromatic heterocycles. The van der Waals surface area contributed by atoms with Crippen molar-refractivity contribution in [3.8, 4) is 17.1 Å². The topological polar surface area (TPSA) is 93.4 Å². The minimum atomic E-state index is -0.115. The molecule has 1 N–H and O–H groups in total. The second-order valence-electron chi connectivity index (χ2n) is 8.03. The third-order valence-corrected chi connectivity index (χ3v) is 5.86. The Bertz CT molecular complexity index is 1050. The lowest BCUT2D eigenvalue weighted by molar-refractivity contribution is -0.125. The number of anilines is 1. The maximum Gasteiger partial charge on any atom is 0.226 e. The van der Waals surface area contributed by atoms with Gasteiger partial charge in [-0.1, -0.05) is 24.2 Å². The smallest absolute Gasteiger partial charge is 0.226 e. The number of ether oxygens (including phenoxy) is 1. The summed E-state index contributed by atoms with van der Waals surface area (Å²) >= 11 is 0. The van der Waals surface area contributed by atoms with Crippen LogP contribution in [0.5, 0.6) is 5.75 Å². The molecule has 0 saturated carbocycles. The van der Waals surface area contributed by atoms with Crippen molar-refractivity contribution in [2.75, 3.05) is 25.1 Å². The van der Waals surface area contributed by atoms with Crippen molar-refractivity contribution in [3.05, 3.63) is 54.0 Å². The van der Waals surface area contributed by atoms with E-state index in [-0.39, 0.29) is 17.9 Å². The van der Waals surface area contributed by atoms with Gasteiger partial charge in [-0.25, -0.2) is 4.98 Å². The van der Waals surface area contributed by atoms with Crippen molar-refractivity contribution in [2.45, 2.75) is 39.2 Å². The number of aryl methyl sites for hydroxylation is 1. The number of piperidine rings is 1. The van der Waals surface area contributed by atoms with Crippen LogP contribution in [-0.4, -0.2) is 41.2 Å². The average Bonchev–Trinajstić information content (AvgIpc) is 3.33. The van der Waals surface area contributed by atoms with E-state index in [2.05, 4.69) is 25.3 Å². The Morgan fingerprint density at radius 3 is 2.84 bits per heavy atom. The van der Waals surface area contributed by atoms with Gasteiger partial charge in [-0.15, -0.1) is 0 Å². The number of amides is 1. The van der Waals surface area contributed by atoms with Gasteiger partial charge in [0.1, 0.15) is 11.6 Å². The van der Waals surface area contributed by atoms with E-state index in [1.54, 1.807) is 13.3 Å². The molecule has 32 heavy (non-hydrogen) atoms. The molecule has 1 aliphatic heterocycles. The lowest BCUT2D eigenvalue weighted by Crippen LogP contribution is -2.44. The van der Waals surface area contributed by atoms with Crippen LogP contribution in [0.3, 0.4) is 0 Å². The van der Waals surface area contributed by atoms with Crippen LogP contribution in [-0.2, 0) is 11.2 Å². The second-order valence-corrected chi connectivity index (χ2v) is 8.03. The second kappa shape index (κ2) is 9.80. The fourth-order valence-electron chi connectivity index (χ4n) is 4.02. The van der Waals surface area contributed by atoms with E-state index in [1.165, 1.54) is 0 Å². The van der Waals surface area contributed by atoms with Gasteiger partial charge in [0, 0.05) is 25.7 Å². The van der Waals surface area contributed by atoms with Crippen LogP contribution in [0.25, 0.3) is 11.4 Å². The fourth-order valence-corrected chi connectivity index (χ4v) is 4.02. The molecule has 1 aromatic carbocycles. The summed E-state index contributed by atoms with van der Waals surface area (Å²) in [5, 5.41) is 7.28. The summed E-state index contributed by atoms with van der Waals surface area (Å²) < 4.78 is 10.5. The quantitative estimate of drug-likeness (QED) is 0.603. The summed E-state index contributed by atoms with van der Waals surface area (Å²) in [7, 11) is 1.64. The molecule has 0 aliphatic carbocycles. The zero-order chi connectivity index (χ0) is 22.5. The number of nitrogens with one attached hydrogen (secondary N) is 1. The molecule has 3 aromatic rings. The number of carbonyl (C=O) groups excluding carboxylic acids is 1. The zero-order valence-electron chi connectivity index (χ0n) is 18.7. The SMILES string of the molecule is CCc1nc(-c2cccnc2N2CCC[C@H](C(=O)N[C@H](C)c3ccc(OC)cc3)C2)no1. The minimum Gasteiger partial charge on any atom is -0.497 e. The number of hydrogen-bond donors (Lipinski definition) is 1. The first-order valence-corrected chi connectivity index (χ1v) is 11.1. The number of rotatable bonds is 7. The molecule has 1 aliphatic rings. The third kappa shape index (κ3) is 4.74. The summed E-state index contributed by atoms with van der Waals surface area (Å²) in [6.45, 7) is 5.41. The van der Waals surface area contributed by atoms with Crippen molar-refractivity contribution in [3.63, 3.8) is 0 Å². The Kier molecular flexibility index (Phi) is 6.68. The molecular formula is C24H29N5O3. The van der Waals surface area contributed by atoms with Crippen molar-refractivity contribution >= 4 is 11.7 Å². The number of benzene rings is 1. The van der Waals surface area contributed by atoms with Crippen LogP contribution < -0.4 is 15.0 Å². The van der Waals surface area contributed by atoms with Crippen LogP contribution >= 0.6 is 0 Å². The highest BCUT2D eigenvalue weighted by molar-refractivity contribution is 5.80. The first-order valence-electron chi connectivity index (χ1n) is 11.1. The van der Waals surface area contributed by atoms with Crippen molar-refractivity contribution < 1.29 is 14.1 Å². The van der Waals surface area contributed by atoms with E-state index in [9.17, 15) is 4.79 Å². The maximum atomic E-state index is 13.1. The number of pyridine rings is 1. The largest absolute Gasteiger partial charge is 0.497 e. The Hall–Kier alpha value is -3.42. The van der Waals surface area contributed by atoms with E-state index < -0.39 is 0 Å². The molecule has 0 radical (unpaired) electrons. The molecule has 3 heterocycles. The van der Waals surface area contributed by atoms with E-state index in [0.717, 1.165) is 42.1 Å². The molecule has 1 amide bonds. The molecule has 1 fully saturated rings. The zero-order valence-corrected chi connectivity index (χ0v) is 18.7. The highest BCUT2D eigenvalue weighted by atomic mass is 16.5. The van der Waals surface area contributed by atoms with E-state index >= 15 is 0 Å². The third-order valence-electron chi connectivity index (χ3n) is 5.86. The molecule has 0 spiro atoms. The van der Waals surface area contributed by atoms with Crippen LogP contribution in [0, 0.1) is 5.92 Å². The molecule has 0 bridgehead atoms. The molecule has 168 valence electrons. The normalized spacial score (nSPS) is 17.1. The molecular weight excluding hydrogens is 406 g/mol. The molecule has 1 saturated heterocycles. The summed E-state index contributed by atoms with van der Waals surface area (Å²) in [6, 6.07) is 11.5. The number of methoxy groups -OCH3 is 1. The Balaban J connectivity index is 1.46. The van der Waals surface area contributed by atoms with Crippen molar-refractivity contribution in [1.29, 1.82) is 0 Å². The van der Waals surface area contributed by atoms with Gasteiger partial charge in [0.25, 0.3) is 0 Å².